The van der Waals surface area contributed by atoms with Gasteiger partial charge in [-0.05, 0) is 49.6 Å². The maximum absolute atomic E-state index is 13.3. The van der Waals surface area contributed by atoms with Crippen LogP contribution in [-0.4, -0.2) is 93.5 Å². The number of hydrogen-bond acceptors (Lipinski definition) is 10. The van der Waals surface area contributed by atoms with E-state index in [1.807, 2.05) is 24.3 Å². The van der Waals surface area contributed by atoms with Gasteiger partial charge in [-0.25, -0.2) is 16.8 Å². The number of sulfonamides is 1. The number of aromatic nitrogens is 1. The molecule has 2 unspecified atom stereocenters. The first-order valence-electron chi connectivity index (χ1n) is 14.1. The molecule has 3 heterocycles. The zero-order valence-corrected chi connectivity index (χ0v) is 25.2. The highest BCUT2D eigenvalue weighted by Crippen LogP contribution is 2.37. The van der Waals surface area contributed by atoms with Crippen molar-refractivity contribution in [2.75, 3.05) is 38.6 Å². The van der Waals surface area contributed by atoms with Crippen LogP contribution >= 0.6 is 0 Å². The topological polar surface area (TPSA) is 178 Å². The van der Waals surface area contributed by atoms with Crippen LogP contribution in [0, 0.1) is 0 Å². The number of para-hydroxylation sites is 1. The van der Waals surface area contributed by atoms with Gasteiger partial charge < -0.3 is 25.6 Å². The first-order valence-corrected chi connectivity index (χ1v) is 17.2. The Bertz CT molecular complexity index is 1670. The van der Waals surface area contributed by atoms with Crippen molar-refractivity contribution in [3.63, 3.8) is 0 Å². The van der Waals surface area contributed by atoms with E-state index in [1.165, 1.54) is 28.7 Å². The molecule has 232 valence electrons. The number of carbonyl (C=O) groups excluding carboxylic acids is 1. The van der Waals surface area contributed by atoms with Crippen LogP contribution in [0.2, 0.25) is 0 Å². The minimum atomic E-state index is -3.69. The van der Waals surface area contributed by atoms with Gasteiger partial charge in [-0.3, -0.25) is 9.78 Å². The molecule has 2 aliphatic heterocycles. The van der Waals surface area contributed by atoms with Crippen LogP contribution < -0.4 is 15.8 Å². The number of nitrogens with zero attached hydrogens (tertiary/aromatic N) is 2. The third-order valence-electron chi connectivity index (χ3n) is 7.91. The molecule has 0 saturated carbocycles. The summed E-state index contributed by atoms with van der Waals surface area (Å²) < 4.78 is 64.7. The number of rotatable bonds is 12. The molecule has 2 fully saturated rings. The minimum absolute atomic E-state index is 0.0128. The first-order chi connectivity index (χ1) is 20.5. The summed E-state index contributed by atoms with van der Waals surface area (Å²) in [5.74, 6) is -0.805. The number of aliphatic hydroxyl groups excluding tert-OH is 1. The molecule has 1 spiro atoms. The Morgan fingerprint density at radius 1 is 1.12 bits per heavy atom. The van der Waals surface area contributed by atoms with E-state index in [1.54, 1.807) is 12.1 Å². The van der Waals surface area contributed by atoms with Crippen molar-refractivity contribution < 1.29 is 36.2 Å². The number of primary amides is 1. The van der Waals surface area contributed by atoms with Crippen molar-refractivity contribution in [1.29, 1.82) is 0 Å². The fourth-order valence-corrected chi connectivity index (χ4v) is 8.17. The highest BCUT2D eigenvalue weighted by Gasteiger charge is 2.44. The Morgan fingerprint density at radius 3 is 2.65 bits per heavy atom. The van der Waals surface area contributed by atoms with Crippen LogP contribution in [0.1, 0.15) is 25.7 Å². The molecule has 2 atom stereocenters. The number of nitrogens with two attached hydrogens (primary N) is 1. The summed E-state index contributed by atoms with van der Waals surface area (Å²) in [6.45, 7) is 1.30. The Labute approximate surface area is 251 Å². The van der Waals surface area contributed by atoms with Gasteiger partial charge in [0.25, 0.3) is 0 Å². The lowest BCUT2D eigenvalue weighted by Gasteiger charge is -2.38. The lowest BCUT2D eigenvalue weighted by Crippen LogP contribution is -2.47. The van der Waals surface area contributed by atoms with Crippen LogP contribution in [0.5, 0.6) is 5.75 Å². The lowest BCUT2D eigenvalue weighted by molar-refractivity contribution is -0.117. The van der Waals surface area contributed by atoms with E-state index in [0.717, 1.165) is 10.9 Å². The smallest absolute Gasteiger partial charge is 0.244 e. The Hall–Kier alpha value is -3.14. The van der Waals surface area contributed by atoms with Gasteiger partial charge in [0.2, 0.25) is 15.9 Å². The molecule has 2 aliphatic rings. The number of ether oxygens (including phenoxy) is 2. The molecule has 4 N–H and O–H groups in total. The highest BCUT2D eigenvalue weighted by molar-refractivity contribution is 7.91. The molecular weight excluding hydrogens is 596 g/mol. The van der Waals surface area contributed by atoms with E-state index >= 15 is 0 Å². The van der Waals surface area contributed by atoms with E-state index in [0.29, 0.717) is 39.0 Å². The van der Waals surface area contributed by atoms with E-state index in [2.05, 4.69) is 10.3 Å². The lowest BCUT2D eigenvalue weighted by atomic mass is 9.88. The Kier molecular flexibility index (Phi) is 9.34. The largest absolute Gasteiger partial charge is 0.491 e. The number of aliphatic hydroxyl groups is 1. The number of nitrogens with one attached hydrogen (secondary N) is 1. The zero-order chi connectivity index (χ0) is 30.7. The second-order valence-corrected chi connectivity index (χ2v) is 15.1. The van der Waals surface area contributed by atoms with Crippen LogP contribution in [-0.2, 0) is 29.4 Å². The van der Waals surface area contributed by atoms with Crippen molar-refractivity contribution in [2.45, 2.75) is 53.2 Å². The van der Waals surface area contributed by atoms with Crippen molar-refractivity contribution in [2.24, 2.45) is 5.73 Å². The van der Waals surface area contributed by atoms with Crippen LogP contribution in [0.4, 0.5) is 0 Å². The van der Waals surface area contributed by atoms with Gasteiger partial charge in [0.05, 0.1) is 28.4 Å². The maximum Gasteiger partial charge on any atom is 0.244 e. The summed E-state index contributed by atoms with van der Waals surface area (Å²) in [5, 5.41) is 14.5. The van der Waals surface area contributed by atoms with Gasteiger partial charge in [-0.2, -0.15) is 4.31 Å². The molecule has 5 rings (SSSR count). The number of sulfone groups is 1. The van der Waals surface area contributed by atoms with Crippen LogP contribution in [0.3, 0.4) is 0 Å². The predicted octanol–water partition coefficient (Wildman–Crippen LogP) is 1.23. The predicted molar refractivity (Wildman–Crippen MR) is 159 cm³/mol. The van der Waals surface area contributed by atoms with Crippen molar-refractivity contribution in [3.8, 4) is 5.75 Å². The van der Waals surface area contributed by atoms with Gasteiger partial charge >= 0.3 is 0 Å². The summed E-state index contributed by atoms with van der Waals surface area (Å²) >= 11 is 0. The molecule has 43 heavy (non-hydrogen) atoms. The van der Waals surface area contributed by atoms with E-state index in [9.17, 15) is 26.7 Å². The molecule has 0 radical (unpaired) electrons. The second-order valence-electron chi connectivity index (χ2n) is 11.0. The molecule has 0 bridgehead atoms. The summed E-state index contributed by atoms with van der Waals surface area (Å²) in [5.41, 5.74) is 5.38. The highest BCUT2D eigenvalue weighted by atomic mass is 32.2. The summed E-state index contributed by atoms with van der Waals surface area (Å²) in [6.07, 6.45) is 2.09. The van der Waals surface area contributed by atoms with Crippen molar-refractivity contribution in [1.82, 2.24) is 14.6 Å². The molecule has 2 aromatic carbocycles. The minimum Gasteiger partial charge on any atom is -0.491 e. The number of amides is 1. The SMILES string of the molecule is NC(=O)CCS(=O)(=O)c1cccc(OCC(O)CNC2COC3(CCN(S(=O)(=O)c4cnc5ccccc5c4)CC3)C2)c1. The fraction of sp³-hybridized carbons (Fsp3) is 0.448. The summed E-state index contributed by atoms with van der Waals surface area (Å²) in [4.78, 5) is 15.5. The normalized spacial score (nSPS) is 19.9. The number of hydrogen-bond donors (Lipinski definition) is 3. The quantitative estimate of drug-likeness (QED) is 0.263. The number of pyridine rings is 1. The molecule has 3 aromatic rings. The van der Waals surface area contributed by atoms with Crippen LogP contribution in [0.15, 0.2) is 70.6 Å². The molecule has 14 heteroatoms. The Balaban J connectivity index is 1.08. The van der Waals surface area contributed by atoms with Gasteiger partial charge in [0, 0.05) is 43.7 Å². The fourth-order valence-electron chi connectivity index (χ4n) is 5.46. The third-order valence-corrected chi connectivity index (χ3v) is 11.5. The van der Waals surface area contributed by atoms with Crippen molar-refractivity contribution >= 4 is 36.7 Å². The summed E-state index contributed by atoms with van der Waals surface area (Å²) in [6, 6.07) is 14.9. The number of fused-ring (bicyclic) bond motifs is 1. The first kappa shape index (κ1) is 31.3. The van der Waals surface area contributed by atoms with Crippen molar-refractivity contribution in [3.05, 3.63) is 60.8 Å². The second kappa shape index (κ2) is 12.8. The standard InChI is InChI=1S/C29H36N4O8S2/c30-28(35)8-13-42(36,37)25-6-3-5-24(15-25)40-20-23(34)17-31-22-16-29(41-19-22)9-11-33(12-10-29)43(38,39)26-14-21-4-1-2-7-27(21)32-18-26/h1-7,14-15,18,22-23,31,34H,8-13,16-17,19-20H2,(H2,30,35). The van der Waals surface area contributed by atoms with Crippen LogP contribution in [0.25, 0.3) is 10.9 Å². The average Bonchev–Trinajstić information content (AvgIpc) is 3.40. The average molecular weight is 633 g/mol. The Morgan fingerprint density at radius 2 is 1.88 bits per heavy atom. The zero-order valence-electron chi connectivity index (χ0n) is 23.6. The molecule has 0 aliphatic carbocycles. The van der Waals surface area contributed by atoms with Gasteiger partial charge in [0.1, 0.15) is 23.4 Å². The van der Waals surface area contributed by atoms with E-state index in [-0.39, 0.29) is 46.9 Å². The number of piperidine rings is 1. The van der Waals surface area contributed by atoms with E-state index in [4.69, 9.17) is 15.2 Å². The molecule has 12 nitrogen and oxygen atoms in total. The molecular formula is C29H36N4O8S2. The van der Waals surface area contributed by atoms with E-state index < -0.39 is 37.5 Å². The maximum atomic E-state index is 13.3. The van der Waals surface area contributed by atoms with Gasteiger partial charge in [-0.15, -0.1) is 0 Å². The molecule has 1 amide bonds. The van der Waals surface area contributed by atoms with Gasteiger partial charge in [-0.1, -0.05) is 24.3 Å². The monoisotopic (exact) mass is 632 g/mol. The molecule has 1 aromatic heterocycles. The molecule has 2 saturated heterocycles. The third kappa shape index (κ3) is 7.51. The number of carbonyl (C=O) groups is 1. The number of benzene rings is 2. The van der Waals surface area contributed by atoms with Gasteiger partial charge in [0.15, 0.2) is 9.84 Å². The summed E-state index contributed by atoms with van der Waals surface area (Å²) in [7, 11) is -7.37.